The molecular weight excluding hydrogens is 216 g/mol. The number of aliphatic hydroxyl groups is 1. The predicted molar refractivity (Wildman–Crippen MR) is 52.3 cm³/mol. The number of furan rings is 1. The average Bonchev–Trinajstić information content (AvgIpc) is 2.73. The topological polar surface area (TPSA) is 97.0 Å². The molecule has 0 aromatic carbocycles. The second-order valence-corrected chi connectivity index (χ2v) is 3.04. The minimum Gasteiger partial charge on any atom is -0.475 e. The molecular formula is C10H12O6. The molecule has 1 heterocycles. The summed E-state index contributed by atoms with van der Waals surface area (Å²) in [6.07, 6.45) is 1.10. The zero-order chi connectivity index (χ0) is 12.0. The predicted octanol–water partition coefficient (Wildman–Crippen LogP) is 0.907. The van der Waals surface area contributed by atoms with E-state index in [0.29, 0.717) is 12.8 Å². The standard InChI is InChI=1S/C10H12O6/c11-5-1-2-6-15-10(14)8-4-3-7(16-8)9(12)13/h3-4,11H,1-2,5-6H2,(H,12,13). The van der Waals surface area contributed by atoms with Crippen molar-refractivity contribution in [2.24, 2.45) is 0 Å². The van der Waals surface area contributed by atoms with Gasteiger partial charge in [-0.05, 0) is 25.0 Å². The summed E-state index contributed by atoms with van der Waals surface area (Å²) in [4.78, 5) is 21.7. The molecule has 0 saturated carbocycles. The molecule has 0 fully saturated rings. The van der Waals surface area contributed by atoms with E-state index in [1.807, 2.05) is 0 Å². The van der Waals surface area contributed by atoms with Gasteiger partial charge in [0.2, 0.25) is 11.5 Å². The van der Waals surface area contributed by atoms with Gasteiger partial charge in [0.1, 0.15) is 0 Å². The van der Waals surface area contributed by atoms with Crippen molar-refractivity contribution < 1.29 is 29.0 Å². The van der Waals surface area contributed by atoms with E-state index in [2.05, 4.69) is 0 Å². The molecule has 16 heavy (non-hydrogen) atoms. The van der Waals surface area contributed by atoms with Gasteiger partial charge in [-0.25, -0.2) is 9.59 Å². The van der Waals surface area contributed by atoms with Crippen molar-refractivity contribution in [1.82, 2.24) is 0 Å². The fraction of sp³-hybridized carbons (Fsp3) is 0.400. The lowest BCUT2D eigenvalue weighted by Gasteiger charge is -2.00. The van der Waals surface area contributed by atoms with Gasteiger partial charge >= 0.3 is 11.9 Å². The zero-order valence-corrected chi connectivity index (χ0v) is 8.51. The first-order valence-corrected chi connectivity index (χ1v) is 4.76. The molecule has 0 unspecified atom stereocenters. The first-order chi connectivity index (χ1) is 7.65. The number of aliphatic hydroxyl groups excluding tert-OH is 1. The summed E-state index contributed by atoms with van der Waals surface area (Å²) in [5.74, 6) is -2.38. The molecule has 1 rings (SSSR count). The number of carbonyl (C=O) groups excluding carboxylic acids is 1. The number of aromatic carboxylic acids is 1. The van der Waals surface area contributed by atoms with Crippen molar-refractivity contribution in [3.63, 3.8) is 0 Å². The minimum absolute atomic E-state index is 0.0431. The van der Waals surface area contributed by atoms with Crippen LogP contribution in [0, 0.1) is 0 Å². The third-order valence-corrected chi connectivity index (χ3v) is 1.80. The lowest BCUT2D eigenvalue weighted by molar-refractivity contribution is 0.0451. The van der Waals surface area contributed by atoms with Crippen LogP contribution in [0.1, 0.15) is 34.0 Å². The molecule has 0 amide bonds. The number of hydrogen-bond donors (Lipinski definition) is 2. The Balaban J connectivity index is 2.43. The van der Waals surface area contributed by atoms with E-state index in [1.54, 1.807) is 0 Å². The van der Waals surface area contributed by atoms with E-state index in [-0.39, 0.29) is 24.7 Å². The van der Waals surface area contributed by atoms with Crippen LogP contribution in [-0.2, 0) is 4.74 Å². The molecule has 0 radical (unpaired) electrons. The Kier molecular flexibility index (Phi) is 4.53. The quantitative estimate of drug-likeness (QED) is 0.554. The summed E-state index contributed by atoms with van der Waals surface area (Å²) in [6, 6.07) is 2.43. The molecule has 1 aromatic rings. The number of carboxylic acid groups (broad SMARTS) is 1. The molecule has 0 spiro atoms. The van der Waals surface area contributed by atoms with Gasteiger partial charge in [-0.15, -0.1) is 0 Å². The third kappa shape index (κ3) is 3.39. The van der Waals surface area contributed by atoms with E-state index < -0.39 is 11.9 Å². The summed E-state index contributed by atoms with van der Waals surface area (Å²) in [5, 5.41) is 17.0. The lowest BCUT2D eigenvalue weighted by Crippen LogP contribution is -2.06. The smallest absolute Gasteiger partial charge is 0.374 e. The van der Waals surface area contributed by atoms with Crippen molar-refractivity contribution in [2.45, 2.75) is 12.8 Å². The molecule has 0 bridgehead atoms. The highest BCUT2D eigenvalue weighted by Gasteiger charge is 2.15. The van der Waals surface area contributed by atoms with Gasteiger partial charge in [-0.2, -0.15) is 0 Å². The van der Waals surface area contributed by atoms with Gasteiger partial charge in [0.15, 0.2) is 0 Å². The highest BCUT2D eigenvalue weighted by molar-refractivity contribution is 5.89. The van der Waals surface area contributed by atoms with Crippen LogP contribution in [0.3, 0.4) is 0 Å². The second kappa shape index (κ2) is 5.92. The Hall–Kier alpha value is -1.82. The average molecular weight is 228 g/mol. The van der Waals surface area contributed by atoms with Gasteiger partial charge in [0, 0.05) is 6.61 Å². The normalized spacial score (nSPS) is 10.1. The summed E-state index contributed by atoms with van der Waals surface area (Å²) in [5.41, 5.74) is 0. The van der Waals surface area contributed by atoms with Crippen molar-refractivity contribution in [3.05, 3.63) is 23.7 Å². The van der Waals surface area contributed by atoms with Crippen molar-refractivity contribution in [3.8, 4) is 0 Å². The number of hydrogen-bond acceptors (Lipinski definition) is 5. The first-order valence-electron chi connectivity index (χ1n) is 4.76. The molecule has 0 aliphatic rings. The van der Waals surface area contributed by atoms with Gasteiger partial charge in [0.25, 0.3) is 0 Å². The summed E-state index contributed by atoms with van der Waals surface area (Å²) < 4.78 is 9.53. The number of rotatable bonds is 6. The number of esters is 1. The maximum absolute atomic E-state index is 11.3. The van der Waals surface area contributed by atoms with Gasteiger partial charge in [-0.3, -0.25) is 0 Å². The van der Waals surface area contributed by atoms with Gasteiger partial charge < -0.3 is 19.4 Å². The minimum atomic E-state index is -1.24. The van der Waals surface area contributed by atoms with Crippen LogP contribution in [0.4, 0.5) is 0 Å². The SMILES string of the molecule is O=C(O)c1ccc(C(=O)OCCCCO)o1. The van der Waals surface area contributed by atoms with Gasteiger partial charge in [-0.1, -0.05) is 0 Å². The van der Waals surface area contributed by atoms with Crippen LogP contribution in [0.2, 0.25) is 0 Å². The fourth-order valence-electron chi connectivity index (χ4n) is 1.01. The van der Waals surface area contributed by atoms with Crippen molar-refractivity contribution >= 4 is 11.9 Å². The number of unbranched alkanes of at least 4 members (excludes halogenated alkanes) is 1. The molecule has 6 nitrogen and oxygen atoms in total. The van der Waals surface area contributed by atoms with Crippen LogP contribution >= 0.6 is 0 Å². The van der Waals surface area contributed by atoms with E-state index in [4.69, 9.17) is 19.4 Å². The van der Waals surface area contributed by atoms with Crippen LogP contribution in [0.25, 0.3) is 0 Å². The summed E-state index contributed by atoms with van der Waals surface area (Å²) >= 11 is 0. The summed E-state index contributed by atoms with van der Waals surface area (Å²) in [7, 11) is 0. The second-order valence-electron chi connectivity index (χ2n) is 3.04. The Labute approximate surface area is 91.4 Å². The molecule has 2 N–H and O–H groups in total. The molecule has 0 aliphatic heterocycles. The number of carboxylic acids is 1. The number of carbonyl (C=O) groups is 2. The monoisotopic (exact) mass is 228 g/mol. The van der Waals surface area contributed by atoms with Crippen molar-refractivity contribution in [2.75, 3.05) is 13.2 Å². The lowest BCUT2D eigenvalue weighted by atomic mass is 10.3. The van der Waals surface area contributed by atoms with Crippen LogP contribution in [-0.4, -0.2) is 35.4 Å². The Bertz CT molecular complexity index is 367. The van der Waals surface area contributed by atoms with E-state index in [0.717, 1.165) is 0 Å². The van der Waals surface area contributed by atoms with Crippen LogP contribution in [0.5, 0.6) is 0 Å². The largest absolute Gasteiger partial charge is 0.475 e. The molecule has 6 heteroatoms. The molecule has 0 aliphatic carbocycles. The number of ether oxygens (including phenoxy) is 1. The Morgan fingerprint density at radius 3 is 2.50 bits per heavy atom. The Morgan fingerprint density at radius 1 is 1.25 bits per heavy atom. The fourth-order valence-corrected chi connectivity index (χ4v) is 1.01. The van der Waals surface area contributed by atoms with E-state index in [1.165, 1.54) is 12.1 Å². The molecule has 1 aromatic heterocycles. The van der Waals surface area contributed by atoms with Gasteiger partial charge in [0.05, 0.1) is 6.61 Å². The first kappa shape index (κ1) is 12.3. The van der Waals surface area contributed by atoms with Crippen molar-refractivity contribution in [1.29, 1.82) is 0 Å². The highest BCUT2D eigenvalue weighted by atomic mass is 16.5. The molecule has 0 saturated heterocycles. The maximum Gasteiger partial charge on any atom is 0.374 e. The maximum atomic E-state index is 11.3. The Morgan fingerprint density at radius 2 is 1.94 bits per heavy atom. The summed E-state index contributed by atoms with van der Waals surface area (Å²) in [6.45, 7) is 0.212. The third-order valence-electron chi connectivity index (χ3n) is 1.80. The molecule has 0 atom stereocenters. The highest BCUT2D eigenvalue weighted by Crippen LogP contribution is 2.09. The molecule has 88 valence electrons. The van der Waals surface area contributed by atoms with Crippen LogP contribution in [0.15, 0.2) is 16.5 Å². The zero-order valence-electron chi connectivity index (χ0n) is 8.51. The van der Waals surface area contributed by atoms with E-state index in [9.17, 15) is 9.59 Å². The van der Waals surface area contributed by atoms with Crippen LogP contribution < -0.4 is 0 Å². The van der Waals surface area contributed by atoms with E-state index >= 15 is 0 Å².